The zero-order valence-corrected chi connectivity index (χ0v) is 19.3. The van der Waals surface area contributed by atoms with Crippen molar-refractivity contribution in [2.75, 3.05) is 18.0 Å². The van der Waals surface area contributed by atoms with Crippen molar-refractivity contribution in [3.8, 4) is 0 Å². The van der Waals surface area contributed by atoms with Gasteiger partial charge in [0.05, 0.1) is 16.6 Å². The van der Waals surface area contributed by atoms with Gasteiger partial charge in [-0.15, -0.1) is 0 Å². The number of rotatable bonds is 5. The van der Waals surface area contributed by atoms with E-state index in [0.717, 1.165) is 40.8 Å². The molecule has 0 bridgehead atoms. The number of amides is 1. The number of benzene rings is 1. The molecule has 1 aromatic carbocycles. The van der Waals surface area contributed by atoms with Gasteiger partial charge in [0, 0.05) is 36.4 Å². The van der Waals surface area contributed by atoms with Gasteiger partial charge in [-0.2, -0.15) is 0 Å². The van der Waals surface area contributed by atoms with Gasteiger partial charge in [0.15, 0.2) is 5.65 Å². The highest BCUT2D eigenvalue weighted by Gasteiger charge is 2.28. The Morgan fingerprint density at radius 3 is 2.78 bits per heavy atom. The van der Waals surface area contributed by atoms with Gasteiger partial charge in [0.25, 0.3) is 5.91 Å². The quantitative estimate of drug-likeness (QED) is 0.482. The Morgan fingerprint density at radius 2 is 2.00 bits per heavy atom. The highest BCUT2D eigenvalue weighted by atomic mass is 16.1. The predicted molar refractivity (Wildman–Crippen MR) is 130 cm³/mol. The second kappa shape index (κ2) is 8.08. The van der Waals surface area contributed by atoms with Crippen LogP contribution in [0.25, 0.3) is 27.7 Å². The predicted octanol–water partition coefficient (Wildman–Crippen LogP) is 5.05. The number of hydrogen-bond acceptors (Lipinski definition) is 4. The van der Waals surface area contributed by atoms with E-state index in [4.69, 9.17) is 9.97 Å². The normalized spacial score (nSPS) is 17.7. The van der Waals surface area contributed by atoms with E-state index in [0.29, 0.717) is 23.0 Å². The smallest absolute Gasteiger partial charge is 0.255 e. The standard InChI is InChI=1S/C26H31N5O/c1-5-17(4)18-11-13-30(15-18)22-10-12-27-24-19(22)14-20(26(32)28-16(2)3)25-29-21-8-6-7-9-23(21)31(24)25/h6-10,12,14,16-18H,5,11,13,15H2,1-4H3,(H,28,32). The molecule has 3 aromatic heterocycles. The van der Waals surface area contributed by atoms with Gasteiger partial charge in [-0.3, -0.25) is 9.20 Å². The monoisotopic (exact) mass is 429 g/mol. The minimum absolute atomic E-state index is 0.0471. The number of nitrogens with zero attached hydrogens (tertiary/aromatic N) is 4. The molecule has 1 N–H and O–H groups in total. The topological polar surface area (TPSA) is 62.5 Å². The van der Waals surface area contributed by atoms with Gasteiger partial charge < -0.3 is 10.2 Å². The van der Waals surface area contributed by atoms with E-state index in [1.54, 1.807) is 0 Å². The van der Waals surface area contributed by atoms with Crippen LogP contribution in [0.5, 0.6) is 0 Å². The third-order valence-corrected chi connectivity index (χ3v) is 6.93. The number of fused-ring (bicyclic) bond motifs is 5. The zero-order chi connectivity index (χ0) is 22.4. The second-order valence-corrected chi connectivity index (χ2v) is 9.39. The molecule has 1 amide bonds. The molecule has 0 aliphatic carbocycles. The largest absolute Gasteiger partial charge is 0.371 e. The van der Waals surface area contributed by atoms with E-state index in [1.807, 2.05) is 54.8 Å². The van der Waals surface area contributed by atoms with Gasteiger partial charge in [-0.25, -0.2) is 9.97 Å². The molecule has 32 heavy (non-hydrogen) atoms. The minimum atomic E-state index is -0.101. The summed E-state index contributed by atoms with van der Waals surface area (Å²) in [4.78, 5) is 25.2. The van der Waals surface area contributed by atoms with Gasteiger partial charge >= 0.3 is 0 Å². The summed E-state index contributed by atoms with van der Waals surface area (Å²) in [5.74, 6) is 1.31. The first-order valence-electron chi connectivity index (χ1n) is 11.7. The second-order valence-electron chi connectivity index (χ2n) is 9.39. The van der Waals surface area contributed by atoms with Crippen molar-refractivity contribution in [2.45, 2.75) is 46.6 Å². The van der Waals surface area contributed by atoms with Crippen LogP contribution in [-0.4, -0.2) is 39.4 Å². The van der Waals surface area contributed by atoms with Gasteiger partial charge in [0.1, 0.15) is 5.65 Å². The van der Waals surface area contributed by atoms with Crippen molar-refractivity contribution in [1.82, 2.24) is 19.7 Å². The molecule has 166 valence electrons. The van der Waals surface area contributed by atoms with Crippen molar-refractivity contribution in [3.63, 3.8) is 0 Å². The Bertz CT molecular complexity index is 1310. The highest BCUT2D eigenvalue weighted by molar-refractivity contribution is 6.07. The van der Waals surface area contributed by atoms with Crippen molar-refractivity contribution in [1.29, 1.82) is 0 Å². The van der Waals surface area contributed by atoms with E-state index >= 15 is 0 Å². The molecule has 0 spiro atoms. The van der Waals surface area contributed by atoms with Crippen LogP contribution < -0.4 is 10.2 Å². The Kier molecular flexibility index (Phi) is 5.24. The molecule has 2 atom stereocenters. The number of carbonyl (C=O) groups excluding carboxylic acids is 1. The zero-order valence-electron chi connectivity index (χ0n) is 19.3. The summed E-state index contributed by atoms with van der Waals surface area (Å²) in [6.45, 7) is 10.7. The van der Waals surface area contributed by atoms with Crippen LogP contribution >= 0.6 is 0 Å². The molecule has 4 aromatic rings. The summed E-state index contributed by atoms with van der Waals surface area (Å²) >= 11 is 0. The lowest BCUT2D eigenvalue weighted by Gasteiger charge is -2.23. The number of hydrogen-bond donors (Lipinski definition) is 1. The molecule has 1 saturated heterocycles. The van der Waals surface area contributed by atoms with Crippen LogP contribution in [0.3, 0.4) is 0 Å². The first kappa shape index (κ1) is 20.7. The first-order valence-corrected chi connectivity index (χ1v) is 11.7. The average Bonchev–Trinajstić information content (AvgIpc) is 3.42. The Morgan fingerprint density at radius 1 is 1.19 bits per heavy atom. The third kappa shape index (κ3) is 3.38. The maximum absolute atomic E-state index is 13.2. The lowest BCUT2D eigenvalue weighted by molar-refractivity contribution is 0.0944. The SMILES string of the molecule is CCC(C)C1CCN(c2ccnc3c2cc(C(=O)NC(C)C)c2nc4ccccc4n23)C1. The van der Waals surface area contributed by atoms with Crippen LogP contribution in [0.1, 0.15) is 50.9 Å². The Balaban J connectivity index is 1.74. The summed E-state index contributed by atoms with van der Waals surface area (Å²) in [6.07, 6.45) is 4.29. The number of imidazole rings is 1. The fourth-order valence-corrected chi connectivity index (χ4v) is 4.99. The molecule has 6 heteroatoms. The van der Waals surface area contributed by atoms with E-state index in [2.05, 4.69) is 30.1 Å². The molecule has 1 aliphatic rings. The number of pyridine rings is 2. The summed E-state index contributed by atoms with van der Waals surface area (Å²) in [5, 5.41) is 4.05. The number of aromatic nitrogens is 3. The molecule has 0 saturated carbocycles. The number of para-hydroxylation sites is 2. The molecule has 4 heterocycles. The van der Waals surface area contributed by atoms with Crippen LogP contribution in [0.15, 0.2) is 42.6 Å². The van der Waals surface area contributed by atoms with E-state index in [-0.39, 0.29) is 11.9 Å². The summed E-state index contributed by atoms with van der Waals surface area (Å²) in [7, 11) is 0. The molecule has 6 nitrogen and oxygen atoms in total. The average molecular weight is 430 g/mol. The molecule has 0 radical (unpaired) electrons. The van der Waals surface area contributed by atoms with Crippen LogP contribution in [0, 0.1) is 11.8 Å². The van der Waals surface area contributed by atoms with Crippen LogP contribution in [-0.2, 0) is 0 Å². The highest BCUT2D eigenvalue weighted by Crippen LogP contribution is 2.35. The van der Waals surface area contributed by atoms with Gasteiger partial charge in [-0.05, 0) is 56.4 Å². The fraction of sp³-hybridized carbons (Fsp3) is 0.423. The van der Waals surface area contributed by atoms with E-state index in [1.165, 1.54) is 12.8 Å². The first-order chi connectivity index (χ1) is 15.5. The van der Waals surface area contributed by atoms with Crippen molar-refractivity contribution >= 4 is 39.3 Å². The van der Waals surface area contributed by atoms with E-state index < -0.39 is 0 Å². The molecule has 1 aliphatic heterocycles. The van der Waals surface area contributed by atoms with Gasteiger partial charge in [0.2, 0.25) is 0 Å². The summed E-state index contributed by atoms with van der Waals surface area (Å²) < 4.78 is 2.05. The number of nitrogens with one attached hydrogen (secondary N) is 1. The van der Waals surface area contributed by atoms with Crippen LogP contribution in [0.2, 0.25) is 0 Å². The van der Waals surface area contributed by atoms with E-state index in [9.17, 15) is 4.79 Å². The molecule has 5 rings (SSSR count). The molecular weight excluding hydrogens is 398 g/mol. The van der Waals surface area contributed by atoms with Crippen molar-refractivity contribution in [2.24, 2.45) is 11.8 Å². The maximum Gasteiger partial charge on any atom is 0.255 e. The number of anilines is 1. The molecule has 2 unspecified atom stereocenters. The third-order valence-electron chi connectivity index (χ3n) is 6.93. The summed E-state index contributed by atoms with van der Waals surface area (Å²) in [6, 6.07) is 12.1. The van der Waals surface area contributed by atoms with Crippen molar-refractivity contribution in [3.05, 3.63) is 48.2 Å². The molecule has 1 fully saturated rings. The van der Waals surface area contributed by atoms with Crippen LogP contribution in [0.4, 0.5) is 5.69 Å². The summed E-state index contributed by atoms with van der Waals surface area (Å²) in [5.41, 5.74) is 5.08. The maximum atomic E-state index is 13.2. The van der Waals surface area contributed by atoms with Crippen molar-refractivity contribution < 1.29 is 4.79 Å². The lowest BCUT2D eigenvalue weighted by atomic mass is 9.91. The fourth-order valence-electron chi connectivity index (χ4n) is 4.99. The molecular formula is C26H31N5O. The van der Waals surface area contributed by atoms with Gasteiger partial charge in [-0.1, -0.05) is 32.4 Å². The number of carbonyl (C=O) groups is 1. The minimum Gasteiger partial charge on any atom is -0.371 e. The Labute approximate surface area is 188 Å². The Hall–Kier alpha value is -3.15. The lowest BCUT2D eigenvalue weighted by Crippen LogP contribution is -2.30.